The molecule has 2 aromatic rings. The average Bonchev–Trinajstić information content (AvgIpc) is 2.82. The van der Waals surface area contributed by atoms with Gasteiger partial charge in [-0.05, 0) is 44.0 Å². The van der Waals surface area contributed by atoms with Crippen molar-refractivity contribution in [3.8, 4) is 17.2 Å². The van der Waals surface area contributed by atoms with Gasteiger partial charge in [0.15, 0.2) is 11.5 Å². The molecule has 1 heterocycles. The number of sulfonamides is 1. The van der Waals surface area contributed by atoms with Crippen molar-refractivity contribution in [2.75, 3.05) is 34.4 Å². The fraction of sp³-hybridized carbons (Fsp3) is 0.435. The smallest absolute Gasteiger partial charge is 0.243 e. The Labute approximate surface area is 189 Å². The van der Waals surface area contributed by atoms with E-state index in [2.05, 4.69) is 5.32 Å². The lowest BCUT2D eigenvalue weighted by atomic mass is 9.98. The molecule has 1 atom stereocenters. The highest BCUT2D eigenvalue weighted by Crippen LogP contribution is 2.39. The molecule has 0 bridgehead atoms. The van der Waals surface area contributed by atoms with Crippen LogP contribution in [0.3, 0.4) is 0 Å². The lowest BCUT2D eigenvalue weighted by molar-refractivity contribution is -0.126. The lowest BCUT2D eigenvalue weighted by Gasteiger charge is -2.31. The summed E-state index contributed by atoms with van der Waals surface area (Å²) in [5, 5.41) is 2.91. The summed E-state index contributed by atoms with van der Waals surface area (Å²) < 4.78 is 43.6. The summed E-state index contributed by atoms with van der Waals surface area (Å²) in [6, 6.07) is 10.3. The third kappa shape index (κ3) is 4.99. The maximum absolute atomic E-state index is 13.0. The van der Waals surface area contributed by atoms with Gasteiger partial charge in [-0.1, -0.05) is 17.7 Å². The largest absolute Gasteiger partial charge is 0.493 e. The summed E-state index contributed by atoms with van der Waals surface area (Å²) in [5.41, 5.74) is 1.73. The van der Waals surface area contributed by atoms with Crippen LogP contribution in [0.15, 0.2) is 41.3 Å². The van der Waals surface area contributed by atoms with Crippen LogP contribution < -0.4 is 19.5 Å². The van der Waals surface area contributed by atoms with Crippen molar-refractivity contribution < 1.29 is 27.4 Å². The molecule has 1 N–H and O–H groups in total. The molecule has 1 aliphatic rings. The number of methoxy groups -OCH3 is 3. The summed E-state index contributed by atoms with van der Waals surface area (Å²) in [5.74, 6) is 0.860. The van der Waals surface area contributed by atoms with E-state index < -0.39 is 15.9 Å². The van der Waals surface area contributed by atoms with E-state index in [0.717, 1.165) is 11.1 Å². The number of benzene rings is 2. The van der Waals surface area contributed by atoms with Crippen molar-refractivity contribution in [1.82, 2.24) is 9.62 Å². The molecule has 32 heavy (non-hydrogen) atoms. The van der Waals surface area contributed by atoms with Gasteiger partial charge in [0.05, 0.1) is 32.1 Å². The second kappa shape index (κ2) is 10.2. The molecule has 1 amide bonds. The van der Waals surface area contributed by atoms with Crippen LogP contribution >= 0.6 is 0 Å². The molecular weight excluding hydrogens is 432 g/mol. The molecule has 0 aromatic heterocycles. The predicted octanol–water partition coefficient (Wildman–Crippen LogP) is 2.74. The molecule has 2 aromatic carbocycles. The molecule has 174 valence electrons. The van der Waals surface area contributed by atoms with E-state index in [-0.39, 0.29) is 23.9 Å². The Kier molecular flexibility index (Phi) is 7.63. The van der Waals surface area contributed by atoms with Crippen molar-refractivity contribution in [2.45, 2.75) is 31.2 Å². The fourth-order valence-electron chi connectivity index (χ4n) is 3.86. The third-order valence-electron chi connectivity index (χ3n) is 5.65. The highest BCUT2D eigenvalue weighted by Gasteiger charge is 2.33. The first-order valence-electron chi connectivity index (χ1n) is 10.4. The molecule has 3 rings (SSSR count). The number of nitrogens with zero attached hydrogens (tertiary/aromatic N) is 1. The van der Waals surface area contributed by atoms with Crippen LogP contribution in [-0.2, 0) is 21.4 Å². The molecule has 1 saturated heterocycles. The van der Waals surface area contributed by atoms with E-state index in [9.17, 15) is 13.2 Å². The van der Waals surface area contributed by atoms with Crippen LogP contribution in [0.1, 0.15) is 24.0 Å². The number of ether oxygens (including phenoxy) is 3. The number of carbonyl (C=O) groups is 1. The van der Waals surface area contributed by atoms with Crippen LogP contribution in [0.25, 0.3) is 0 Å². The van der Waals surface area contributed by atoms with Crippen molar-refractivity contribution in [1.29, 1.82) is 0 Å². The van der Waals surface area contributed by atoms with Gasteiger partial charge >= 0.3 is 0 Å². The van der Waals surface area contributed by atoms with Gasteiger partial charge < -0.3 is 19.5 Å². The number of amides is 1. The molecular formula is C23H30N2O6S. The van der Waals surface area contributed by atoms with Gasteiger partial charge in [0.2, 0.25) is 21.7 Å². The van der Waals surface area contributed by atoms with Gasteiger partial charge in [0.1, 0.15) is 0 Å². The molecule has 0 saturated carbocycles. The summed E-state index contributed by atoms with van der Waals surface area (Å²) in [4.78, 5) is 13.1. The van der Waals surface area contributed by atoms with Crippen molar-refractivity contribution in [3.63, 3.8) is 0 Å². The van der Waals surface area contributed by atoms with Crippen molar-refractivity contribution >= 4 is 15.9 Å². The van der Waals surface area contributed by atoms with Crippen molar-refractivity contribution in [3.05, 3.63) is 47.5 Å². The van der Waals surface area contributed by atoms with Gasteiger partial charge in [0.25, 0.3) is 0 Å². The number of nitrogens with one attached hydrogen (secondary N) is 1. The minimum atomic E-state index is -3.64. The van der Waals surface area contributed by atoms with Crippen LogP contribution in [0.4, 0.5) is 0 Å². The summed E-state index contributed by atoms with van der Waals surface area (Å²) >= 11 is 0. The van der Waals surface area contributed by atoms with Crippen LogP contribution in [-0.4, -0.2) is 53.0 Å². The highest BCUT2D eigenvalue weighted by atomic mass is 32.2. The molecule has 0 spiro atoms. The monoisotopic (exact) mass is 462 g/mol. The molecule has 8 nitrogen and oxygen atoms in total. The lowest BCUT2D eigenvalue weighted by Crippen LogP contribution is -2.45. The number of aryl methyl sites for hydroxylation is 1. The second-order valence-corrected chi connectivity index (χ2v) is 9.66. The molecule has 0 radical (unpaired) electrons. The van der Waals surface area contributed by atoms with Gasteiger partial charge in [-0.2, -0.15) is 4.31 Å². The number of rotatable bonds is 8. The minimum Gasteiger partial charge on any atom is -0.493 e. The first-order chi connectivity index (χ1) is 15.3. The number of hydrogen-bond acceptors (Lipinski definition) is 6. The Morgan fingerprint density at radius 3 is 2.34 bits per heavy atom. The van der Waals surface area contributed by atoms with Crippen LogP contribution in [0, 0.1) is 12.8 Å². The van der Waals surface area contributed by atoms with E-state index in [1.807, 2.05) is 6.92 Å². The maximum Gasteiger partial charge on any atom is 0.243 e. The molecule has 1 aliphatic heterocycles. The first-order valence-corrected chi connectivity index (χ1v) is 11.9. The van der Waals surface area contributed by atoms with Crippen LogP contribution in [0.5, 0.6) is 17.2 Å². The Morgan fingerprint density at radius 1 is 1.03 bits per heavy atom. The predicted molar refractivity (Wildman–Crippen MR) is 121 cm³/mol. The first kappa shape index (κ1) is 23.9. The zero-order valence-corrected chi connectivity index (χ0v) is 19.7. The van der Waals surface area contributed by atoms with Crippen LogP contribution in [0.2, 0.25) is 0 Å². The normalized spacial score (nSPS) is 16.9. The summed E-state index contributed by atoms with van der Waals surface area (Å²) in [6.45, 7) is 2.70. The van der Waals surface area contributed by atoms with E-state index in [1.165, 1.54) is 25.6 Å². The number of piperidine rings is 1. The van der Waals surface area contributed by atoms with Crippen molar-refractivity contribution in [2.24, 2.45) is 5.92 Å². The number of hydrogen-bond donors (Lipinski definition) is 1. The Morgan fingerprint density at radius 2 is 1.72 bits per heavy atom. The van der Waals surface area contributed by atoms with Gasteiger partial charge in [-0.15, -0.1) is 0 Å². The maximum atomic E-state index is 13.0. The van der Waals surface area contributed by atoms with Gasteiger partial charge in [-0.3, -0.25) is 4.79 Å². The quantitative estimate of drug-likeness (QED) is 0.648. The third-order valence-corrected chi connectivity index (χ3v) is 7.53. The Hall–Kier alpha value is -2.78. The highest BCUT2D eigenvalue weighted by molar-refractivity contribution is 7.89. The SMILES string of the molecule is COc1ccc(CNC(=O)[C@H]2CCCN(S(=O)(=O)c3ccc(C)cc3)C2)c(OC)c1OC. The molecule has 1 fully saturated rings. The number of carbonyl (C=O) groups excluding carboxylic acids is 1. The van der Waals surface area contributed by atoms with E-state index in [1.54, 1.807) is 36.4 Å². The van der Waals surface area contributed by atoms with Gasteiger partial charge in [-0.25, -0.2) is 8.42 Å². The molecule has 9 heteroatoms. The van der Waals surface area contributed by atoms with Gasteiger partial charge in [0, 0.05) is 25.2 Å². The standard InChI is InChI=1S/C23H30N2O6S/c1-16-7-10-19(11-8-16)32(27,28)25-13-5-6-18(15-25)23(26)24-14-17-9-12-20(29-2)22(31-4)21(17)30-3/h7-12,18H,5-6,13-15H2,1-4H3,(H,24,26)/t18-/m0/s1. The van der Waals surface area contributed by atoms with E-state index in [0.29, 0.717) is 36.6 Å². The topological polar surface area (TPSA) is 94.2 Å². The zero-order valence-electron chi connectivity index (χ0n) is 18.9. The Balaban J connectivity index is 1.69. The summed E-state index contributed by atoms with van der Waals surface area (Å²) in [7, 11) is 0.950. The fourth-order valence-corrected chi connectivity index (χ4v) is 5.39. The summed E-state index contributed by atoms with van der Waals surface area (Å²) in [6.07, 6.45) is 1.26. The average molecular weight is 463 g/mol. The molecule has 0 aliphatic carbocycles. The Bertz CT molecular complexity index is 1050. The molecule has 0 unspecified atom stereocenters. The second-order valence-electron chi connectivity index (χ2n) is 7.73. The van der Waals surface area contributed by atoms with E-state index in [4.69, 9.17) is 14.2 Å². The zero-order chi connectivity index (χ0) is 23.3. The minimum absolute atomic E-state index is 0.158. The van der Waals surface area contributed by atoms with E-state index >= 15 is 0 Å².